The summed E-state index contributed by atoms with van der Waals surface area (Å²) in [6.07, 6.45) is -3.44. The molecule has 1 aliphatic heterocycles. The molecule has 1 aromatic heterocycles. The number of aromatic nitrogens is 2. The zero-order valence-electron chi connectivity index (χ0n) is 18.3. The zero-order valence-corrected chi connectivity index (χ0v) is 19.2. The number of anilines is 1. The molecule has 1 atom stereocenters. The van der Waals surface area contributed by atoms with Gasteiger partial charge in [-0.15, -0.1) is 0 Å². The summed E-state index contributed by atoms with van der Waals surface area (Å²) >= 11 is 0. The number of alkyl halides is 4. The number of benzene rings is 2. The van der Waals surface area contributed by atoms with Gasteiger partial charge in [0, 0.05) is 36.1 Å². The second-order valence-electron chi connectivity index (χ2n) is 8.28. The largest absolute Gasteiger partial charge is 0.416 e. The van der Waals surface area contributed by atoms with E-state index < -0.39 is 31.6 Å². The highest BCUT2D eigenvalue weighted by atomic mass is 31.2. The van der Waals surface area contributed by atoms with E-state index >= 15 is 0 Å². The fraction of sp³-hybridized carbons (Fsp3) is 0.391. The molecule has 0 bridgehead atoms. The minimum atomic E-state index is -4.53. The molecule has 3 aromatic rings. The number of hydrogen-bond donors (Lipinski definition) is 2. The molecule has 0 aliphatic carbocycles. The quantitative estimate of drug-likeness (QED) is 0.398. The number of hydrogen-bond acceptors (Lipinski definition) is 5. The van der Waals surface area contributed by atoms with Crippen LogP contribution in [0.25, 0.3) is 10.9 Å². The predicted octanol–water partition coefficient (Wildman–Crippen LogP) is 4.98. The Morgan fingerprint density at radius 2 is 1.85 bits per heavy atom. The number of halogens is 4. The van der Waals surface area contributed by atoms with Crippen LogP contribution in [0.15, 0.2) is 36.4 Å². The van der Waals surface area contributed by atoms with E-state index in [0.717, 1.165) is 6.07 Å². The maximum atomic E-state index is 14.1. The van der Waals surface area contributed by atoms with Crippen LogP contribution in [0.1, 0.15) is 28.6 Å². The molecule has 33 heavy (non-hydrogen) atoms. The van der Waals surface area contributed by atoms with Crippen molar-refractivity contribution in [3.63, 3.8) is 0 Å². The molecule has 0 unspecified atom stereocenters. The molecule has 1 aliphatic rings. The monoisotopic (exact) mass is 480 g/mol. The third-order valence-corrected chi connectivity index (χ3v) is 9.19. The fourth-order valence-electron chi connectivity index (χ4n) is 4.31. The summed E-state index contributed by atoms with van der Waals surface area (Å²) in [5.41, 5.74) is -0.0294. The highest BCUT2D eigenvalue weighted by Gasteiger charge is 2.34. The van der Waals surface area contributed by atoms with Crippen LogP contribution in [0.3, 0.4) is 0 Å². The van der Waals surface area contributed by atoms with Crippen LogP contribution in [-0.4, -0.2) is 42.1 Å². The second kappa shape index (κ2) is 9.03. The second-order valence-corrected chi connectivity index (χ2v) is 11.5. The molecular formula is C23H25F4N4OP. The van der Waals surface area contributed by atoms with Gasteiger partial charge in [0.15, 0.2) is 0 Å². The average molecular weight is 480 g/mol. The first-order valence-corrected chi connectivity index (χ1v) is 12.8. The van der Waals surface area contributed by atoms with E-state index in [9.17, 15) is 22.1 Å². The van der Waals surface area contributed by atoms with E-state index in [1.165, 1.54) is 19.1 Å². The van der Waals surface area contributed by atoms with Crippen molar-refractivity contribution in [2.75, 3.05) is 37.4 Å². The van der Waals surface area contributed by atoms with Crippen molar-refractivity contribution in [3.8, 4) is 0 Å². The predicted molar refractivity (Wildman–Crippen MR) is 123 cm³/mol. The van der Waals surface area contributed by atoms with Crippen LogP contribution < -0.4 is 15.9 Å². The minimum Gasteiger partial charge on any atom is -0.360 e. The van der Waals surface area contributed by atoms with Crippen molar-refractivity contribution in [2.24, 2.45) is 0 Å². The van der Waals surface area contributed by atoms with Crippen molar-refractivity contribution in [1.29, 1.82) is 0 Å². The summed E-state index contributed by atoms with van der Waals surface area (Å²) in [5, 5.41) is 7.47. The van der Waals surface area contributed by atoms with Crippen molar-refractivity contribution in [3.05, 3.63) is 58.9 Å². The van der Waals surface area contributed by atoms with E-state index in [-0.39, 0.29) is 11.1 Å². The standard InChI is InChI=1S/C23H25F4N4OP/c1-14-17(4-3-5-19(14)23(25,26)27)21(13-24)31-22-18-12-16(33(32)10-8-28-9-11-33)6-7-20(18)29-15(2)30-22/h3-7,12,21,28H,8-11,13H2,1-2H3,(H,29,30,31)/t21-/m1/s1. The normalized spacial score (nSPS) is 17.2. The van der Waals surface area contributed by atoms with Crippen molar-refractivity contribution < 1.29 is 22.1 Å². The fourth-order valence-corrected chi connectivity index (χ4v) is 6.80. The summed E-state index contributed by atoms with van der Waals surface area (Å²) in [6.45, 7) is 3.43. The molecule has 2 N–H and O–H groups in total. The van der Waals surface area contributed by atoms with Crippen LogP contribution in [0.2, 0.25) is 0 Å². The molecule has 2 aromatic carbocycles. The van der Waals surface area contributed by atoms with Gasteiger partial charge in [-0.05, 0) is 49.2 Å². The molecule has 0 spiro atoms. The van der Waals surface area contributed by atoms with Crippen LogP contribution in [0.5, 0.6) is 0 Å². The molecule has 10 heteroatoms. The highest BCUT2D eigenvalue weighted by molar-refractivity contribution is 7.71. The Balaban J connectivity index is 1.77. The lowest BCUT2D eigenvalue weighted by Crippen LogP contribution is -2.32. The molecule has 2 heterocycles. The number of nitrogens with zero attached hydrogens (tertiary/aromatic N) is 2. The Morgan fingerprint density at radius 3 is 2.52 bits per heavy atom. The van der Waals surface area contributed by atoms with E-state index in [1.807, 2.05) is 6.07 Å². The lowest BCUT2D eigenvalue weighted by molar-refractivity contribution is -0.138. The SMILES string of the molecule is Cc1nc(N[C@H](CF)c2cccc(C(F)(F)F)c2C)c2cc(P3(=O)CCNCC3)ccc2n1. The minimum absolute atomic E-state index is 0.0323. The maximum Gasteiger partial charge on any atom is 0.416 e. The molecule has 0 radical (unpaired) electrons. The Kier molecular flexibility index (Phi) is 6.47. The first kappa shape index (κ1) is 23.6. The van der Waals surface area contributed by atoms with Gasteiger partial charge in [0.1, 0.15) is 25.5 Å². The van der Waals surface area contributed by atoms with Gasteiger partial charge in [-0.1, -0.05) is 12.1 Å². The molecule has 4 rings (SSSR count). The van der Waals surface area contributed by atoms with Crippen molar-refractivity contribution in [2.45, 2.75) is 26.1 Å². The Hall–Kier alpha value is -2.51. The van der Waals surface area contributed by atoms with Crippen LogP contribution in [0, 0.1) is 13.8 Å². The van der Waals surface area contributed by atoms with E-state index in [0.29, 0.717) is 53.3 Å². The van der Waals surface area contributed by atoms with E-state index in [2.05, 4.69) is 20.6 Å². The van der Waals surface area contributed by atoms with Gasteiger partial charge in [-0.25, -0.2) is 14.4 Å². The molecule has 0 saturated carbocycles. The average Bonchev–Trinajstić information content (AvgIpc) is 2.77. The molecular weight excluding hydrogens is 455 g/mol. The smallest absolute Gasteiger partial charge is 0.360 e. The van der Waals surface area contributed by atoms with Crippen molar-refractivity contribution >= 4 is 29.2 Å². The summed E-state index contributed by atoms with van der Waals surface area (Å²) in [5.74, 6) is 0.741. The Bertz CT molecular complexity index is 1220. The van der Waals surface area contributed by atoms with Gasteiger partial charge in [0.05, 0.1) is 17.1 Å². The van der Waals surface area contributed by atoms with E-state index in [4.69, 9.17) is 0 Å². The van der Waals surface area contributed by atoms with Crippen LogP contribution >= 0.6 is 7.14 Å². The molecule has 1 fully saturated rings. The number of fused-ring (bicyclic) bond motifs is 1. The van der Waals surface area contributed by atoms with E-state index in [1.54, 1.807) is 19.1 Å². The maximum absolute atomic E-state index is 14.1. The molecule has 5 nitrogen and oxygen atoms in total. The lowest BCUT2D eigenvalue weighted by Gasteiger charge is -2.25. The Labute approximate surface area is 189 Å². The summed E-state index contributed by atoms with van der Waals surface area (Å²) in [6, 6.07) is 8.07. The van der Waals surface area contributed by atoms with Gasteiger partial charge < -0.3 is 15.2 Å². The first-order chi connectivity index (χ1) is 15.6. The summed E-state index contributed by atoms with van der Waals surface area (Å²) in [4.78, 5) is 8.83. The zero-order chi connectivity index (χ0) is 23.8. The Morgan fingerprint density at radius 1 is 1.12 bits per heavy atom. The topological polar surface area (TPSA) is 66.9 Å². The van der Waals surface area contributed by atoms with Gasteiger partial charge in [-0.3, -0.25) is 0 Å². The molecule has 0 amide bonds. The van der Waals surface area contributed by atoms with Gasteiger partial charge >= 0.3 is 6.18 Å². The highest BCUT2D eigenvalue weighted by Crippen LogP contribution is 2.45. The summed E-state index contributed by atoms with van der Waals surface area (Å²) < 4.78 is 67.7. The number of aryl methyl sites for hydroxylation is 1. The lowest BCUT2D eigenvalue weighted by atomic mass is 9.97. The third kappa shape index (κ3) is 4.75. The number of rotatable bonds is 5. The van der Waals surface area contributed by atoms with Crippen LogP contribution in [-0.2, 0) is 10.7 Å². The van der Waals surface area contributed by atoms with Gasteiger partial charge in [0.2, 0.25) is 0 Å². The van der Waals surface area contributed by atoms with Gasteiger partial charge in [-0.2, -0.15) is 13.2 Å². The summed E-state index contributed by atoms with van der Waals surface area (Å²) in [7, 11) is -2.58. The van der Waals surface area contributed by atoms with Crippen molar-refractivity contribution in [1.82, 2.24) is 15.3 Å². The molecule has 1 saturated heterocycles. The van der Waals surface area contributed by atoms with Crippen LogP contribution in [0.4, 0.5) is 23.4 Å². The first-order valence-electron chi connectivity index (χ1n) is 10.7. The third-order valence-electron chi connectivity index (χ3n) is 6.08. The molecule has 176 valence electrons. The number of nitrogens with one attached hydrogen (secondary N) is 2. The van der Waals surface area contributed by atoms with Gasteiger partial charge in [0.25, 0.3) is 0 Å².